The Hall–Kier alpha value is -2.52. The molecule has 2 bridgehead atoms. The van der Waals surface area contributed by atoms with Gasteiger partial charge in [-0.2, -0.15) is 0 Å². The second-order valence-corrected chi connectivity index (χ2v) is 12.7. The molecule has 3 fully saturated rings. The summed E-state index contributed by atoms with van der Waals surface area (Å²) < 4.78 is 9.48. The molecule has 1 aromatic rings. The lowest BCUT2D eigenvalue weighted by Crippen LogP contribution is -2.58. The van der Waals surface area contributed by atoms with Crippen LogP contribution in [0.4, 0.5) is 5.69 Å². The van der Waals surface area contributed by atoms with Crippen LogP contribution in [-0.4, -0.2) is 76.2 Å². The van der Waals surface area contributed by atoms with E-state index >= 15 is 0 Å². The minimum absolute atomic E-state index is 0.0397. The number of esters is 1. The Bertz CT molecular complexity index is 1080. The van der Waals surface area contributed by atoms with Crippen LogP contribution in [0.5, 0.6) is 5.75 Å². The van der Waals surface area contributed by atoms with Gasteiger partial charge in [0.25, 0.3) is 5.91 Å². The molecule has 1 N–H and O–H groups in total. The summed E-state index contributed by atoms with van der Waals surface area (Å²) in [6, 6.07) is 5.84. The molecule has 4 rings (SSSR count). The Balaban J connectivity index is 1.85. The van der Waals surface area contributed by atoms with Gasteiger partial charge in [-0.05, 0) is 56.9 Å². The fourth-order valence-corrected chi connectivity index (χ4v) is 9.09. The number of aliphatic hydroxyl groups excluding tert-OH is 1. The molecule has 208 valence electrons. The highest BCUT2D eigenvalue weighted by molar-refractivity contribution is 8.02. The van der Waals surface area contributed by atoms with Crippen LogP contribution in [0.15, 0.2) is 36.9 Å². The molecule has 0 aliphatic carbocycles. The summed E-state index contributed by atoms with van der Waals surface area (Å²) in [4.78, 5) is 45.6. The summed E-state index contributed by atoms with van der Waals surface area (Å²) in [5.41, 5.74) is 0.665. The van der Waals surface area contributed by atoms with Gasteiger partial charge in [-0.1, -0.05) is 26.3 Å². The maximum atomic E-state index is 14.7. The van der Waals surface area contributed by atoms with Crippen LogP contribution in [0.25, 0.3) is 0 Å². The monoisotopic (exact) mass is 544 g/mol. The van der Waals surface area contributed by atoms with Crippen molar-refractivity contribution in [2.24, 2.45) is 17.8 Å². The van der Waals surface area contributed by atoms with E-state index in [1.54, 1.807) is 53.8 Å². The zero-order chi connectivity index (χ0) is 27.8. The van der Waals surface area contributed by atoms with Crippen LogP contribution in [0.3, 0.4) is 0 Å². The summed E-state index contributed by atoms with van der Waals surface area (Å²) in [6.45, 7) is 11.9. The number of thioether (sulfide) groups is 1. The first kappa shape index (κ1) is 28.5. The molecule has 3 aliphatic heterocycles. The molecule has 1 aromatic carbocycles. The number of ether oxygens (including phenoxy) is 2. The number of hydrogen-bond donors (Lipinski definition) is 1. The summed E-state index contributed by atoms with van der Waals surface area (Å²) in [7, 11) is 1.58. The molecule has 3 saturated heterocycles. The zero-order valence-corrected chi connectivity index (χ0v) is 23.8. The number of benzene rings is 1. The molecule has 9 heteroatoms. The predicted molar refractivity (Wildman–Crippen MR) is 148 cm³/mol. The van der Waals surface area contributed by atoms with Gasteiger partial charge in [0.05, 0.1) is 42.9 Å². The Morgan fingerprint density at radius 1 is 1.29 bits per heavy atom. The molecule has 8 nitrogen and oxygen atoms in total. The number of carbonyl (C=O) groups is 3. The minimum Gasteiger partial charge on any atom is -0.497 e. The molecule has 0 radical (unpaired) electrons. The van der Waals surface area contributed by atoms with Gasteiger partial charge in [-0.3, -0.25) is 14.4 Å². The minimum atomic E-state index is -0.834. The van der Waals surface area contributed by atoms with E-state index in [-0.39, 0.29) is 43.5 Å². The van der Waals surface area contributed by atoms with Gasteiger partial charge in [0, 0.05) is 17.0 Å². The van der Waals surface area contributed by atoms with E-state index in [2.05, 4.69) is 6.58 Å². The van der Waals surface area contributed by atoms with Crippen LogP contribution in [-0.2, 0) is 19.1 Å². The third-order valence-corrected chi connectivity index (χ3v) is 10.8. The predicted octanol–water partition coefficient (Wildman–Crippen LogP) is 3.67. The normalized spacial score (nSPS) is 31.1. The standard InChI is InChI=1S/C29H40N2O6S/c1-7-16-30(19-10-12-20(36-6)13-11-19)26(34)24-29-15-14-28(5,38-29)23(27(35)37-9-3)22(29)25(33)31(24)21(17-32)18(4)8-2/h7,10-13,18,21-24,32H,1,8-9,14-17H2,2-6H3/t18-,21-,22-,23+,24?,28-,29?/m0/s1. The number of methoxy groups -OCH3 is 1. The number of fused-ring (bicyclic) bond motifs is 1. The van der Waals surface area contributed by atoms with Crippen molar-refractivity contribution in [3.63, 3.8) is 0 Å². The van der Waals surface area contributed by atoms with Crippen molar-refractivity contribution in [2.75, 3.05) is 31.8 Å². The van der Waals surface area contributed by atoms with E-state index in [0.29, 0.717) is 24.3 Å². The zero-order valence-electron chi connectivity index (χ0n) is 23.0. The Morgan fingerprint density at radius 2 is 1.97 bits per heavy atom. The number of amides is 2. The number of aliphatic hydroxyl groups is 1. The van der Waals surface area contributed by atoms with Gasteiger partial charge in [0.2, 0.25) is 5.91 Å². The Morgan fingerprint density at radius 3 is 2.53 bits per heavy atom. The van der Waals surface area contributed by atoms with E-state index in [1.165, 1.54) is 0 Å². The van der Waals surface area contributed by atoms with Gasteiger partial charge in [0.15, 0.2) is 0 Å². The smallest absolute Gasteiger partial charge is 0.311 e. The first-order chi connectivity index (χ1) is 18.1. The van der Waals surface area contributed by atoms with Gasteiger partial charge < -0.3 is 24.4 Å². The molecular formula is C29H40N2O6S. The fraction of sp³-hybridized carbons (Fsp3) is 0.621. The molecule has 7 atom stereocenters. The number of rotatable bonds is 11. The lowest BCUT2D eigenvalue weighted by Gasteiger charge is -2.41. The second kappa shape index (κ2) is 10.9. The maximum absolute atomic E-state index is 14.7. The Labute approximate surface area is 229 Å². The molecule has 38 heavy (non-hydrogen) atoms. The van der Waals surface area contributed by atoms with Gasteiger partial charge in [0.1, 0.15) is 11.8 Å². The van der Waals surface area contributed by atoms with E-state index in [1.807, 2.05) is 32.9 Å². The molecule has 3 aliphatic rings. The number of carbonyl (C=O) groups excluding carboxylic acids is 3. The number of likely N-dealkylation sites (tertiary alicyclic amines) is 1. The summed E-state index contributed by atoms with van der Waals surface area (Å²) in [5, 5.41) is 10.5. The SMILES string of the molecule is C=CCN(C(=O)C1N([C@@H](CO)[C@@H](C)CC)C(=O)[C@@H]2[C@H](C(=O)OCC)[C@]3(C)CCC12S3)c1ccc(OC)cc1. The van der Waals surface area contributed by atoms with Crippen LogP contribution in [0.1, 0.15) is 47.0 Å². The lowest BCUT2D eigenvalue weighted by atomic mass is 9.66. The third-order valence-electron chi connectivity index (χ3n) is 8.80. The highest BCUT2D eigenvalue weighted by Gasteiger charge is 2.78. The summed E-state index contributed by atoms with van der Waals surface area (Å²) in [5.74, 6) is -1.53. The van der Waals surface area contributed by atoms with E-state index in [0.717, 1.165) is 6.42 Å². The van der Waals surface area contributed by atoms with Crippen molar-refractivity contribution in [2.45, 2.75) is 68.5 Å². The lowest BCUT2D eigenvalue weighted by molar-refractivity contribution is -0.155. The van der Waals surface area contributed by atoms with Gasteiger partial charge in [-0.15, -0.1) is 18.3 Å². The number of anilines is 1. The molecule has 3 heterocycles. The highest BCUT2D eigenvalue weighted by atomic mass is 32.2. The molecular weight excluding hydrogens is 504 g/mol. The first-order valence-corrected chi connectivity index (χ1v) is 14.3. The topological polar surface area (TPSA) is 96.4 Å². The van der Waals surface area contributed by atoms with Crippen LogP contribution < -0.4 is 9.64 Å². The van der Waals surface area contributed by atoms with Crippen molar-refractivity contribution in [1.29, 1.82) is 0 Å². The fourth-order valence-electron chi connectivity index (χ4n) is 6.77. The number of hydrogen-bond acceptors (Lipinski definition) is 7. The average molecular weight is 545 g/mol. The quantitative estimate of drug-likeness (QED) is 0.335. The first-order valence-electron chi connectivity index (χ1n) is 13.5. The van der Waals surface area contributed by atoms with Crippen molar-refractivity contribution in [3.05, 3.63) is 36.9 Å². The van der Waals surface area contributed by atoms with Crippen LogP contribution in [0.2, 0.25) is 0 Å². The molecule has 2 amide bonds. The summed E-state index contributed by atoms with van der Waals surface area (Å²) in [6.07, 6.45) is 3.74. The number of nitrogens with zero attached hydrogens (tertiary/aromatic N) is 2. The van der Waals surface area contributed by atoms with Crippen LogP contribution in [0, 0.1) is 17.8 Å². The Kier molecular flexibility index (Phi) is 8.19. The van der Waals surface area contributed by atoms with Crippen molar-refractivity contribution in [3.8, 4) is 5.75 Å². The second-order valence-electron chi connectivity index (χ2n) is 10.8. The molecule has 0 aromatic heterocycles. The third kappa shape index (κ3) is 4.31. The van der Waals surface area contributed by atoms with Gasteiger partial charge in [-0.25, -0.2) is 0 Å². The molecule has 0 saturated carbocycles. The van der Waals surface area contributed by atoms with Crippen LogP contribution >= 0.6 is 11.8 Å². The summed E-state index contributed by atoms with van der Waals surface area (Å²) >= 11 is 1.60. The molecule has 1 spiro atoms. The van der Waals surface area contributed by atoms with Crippen molar-refractivity contribution < 1.29 is 29.0 Å². The highest BCUT2D eigenvalue weighted by Crippen LogP contribution is 2.72. The largest absolute Gasteiger partial charge is 0.497 e. The van der Waals surface area contributed by atoms with Gasteiger partial charge >= 0.3 is 5.97 Å². The maximum Gasteiger partial charge on any atom is 0.311 e. The van der Waals surface area contributed by atoms with Crippen molar-refractivity contribution in [1.82, 2.24) is 4.90 Å². The van der Waals surface area contributed by atoms with E-state index in [4.69, 9.17) is 9.47 Å². The van der Waals surface area contributed by atoms with Crippen molar-refractivity contribution >= 4 is 35.2 Å². The molecule has 2 unspecified atom stereocenters. The average Bonchev–Trinajstić information content (AvgIpc) is 3.48. The van der Waals surface area contributed by atoms with E-state index in [9.17, 15) is 19.5 Å². The van der Waals surface area contributed by atoms with E-state index < -0.39 is 33.4 Å².